The SMILES string of the molecule is CNC(=O)NCC(=O)N1CCCC1. The van der Waals surface area contributed by atoms with E-state index in [0.29, 0.717) is 0 Å². The zero-order valence-electron chi connectivity index (χ0n) is 7.80. The van der Waals surface area contributed by atoms with Crippen LogP contribution in [0.1, 0.15) is 12.8 Å². The molecule has 1 aliphatic heterocycles. The molecule has 0 aromatic heterocycles. The smallest absolute Gasteiger partial charge is 0.314 e. The Labute approximate surface area is 77.5 Å². The van der Waals surface area contributed by atoms with Crippen molar-refractivity contribution in [1.82, 2.24) is 15.5 Å². The Bertz CT molecular complexity index is 200. The molecule has 0 aromatic rings. The van der Waals surface area contributed by atoms with Crippen molar-refractivity contribution in [2.24, 2.45) is 0 Å². The summed E-state index contributed by atoms with van der Waals surface area (Å²) in [6.07, 6.45) is 2.15. The summed E-state index contributed by atoms with van der Waals surface area (Å²) in [4.78, 5) is 23.9. The minimum absolute atomic E-state index is 0.00102. The van der Waals surface area contributed by atoms with Gasteiger partial charge in [-0.25, -0.2) is 4.79 Å². The highest BCUT2D eigenvalue weighted by atomic mass is 16.2. The van der Waals surface area contributed by atoms with E-state index in [2.05, 4.69) is 10.6 Å². The molecule has 0 aromatic carbocycles. The summed E-state index contributed by atoms with van der Waals surface area (Å²) < 4.78 is 0. The number of likely N-dealkylation sites (tertiary alicyclic amines) is 1. The minimum atomic E-state index is -0.312. The van der Waals surface area contributed by atoms with Gasteiger partial charge in [-0.3, -0.25) is 4.79 Å². The Morgan fingerprint density at radius 2 is 1.92 bits per heavy atom. The number of urea groups is 1. The van der Waals surface area contributed by atoms with Gasteiger partial charge in [0, 0.05) is 20.1 Å². The summed E-state index contributed by atoms with van der Waals surface area (Å²) in [7, 11) is 1.52. The normalized spacial score (nSPS) is 15.6. The number of nitrogens with zero attached hydrogens (tertiary/aromatic N) is 1. The molecule has 0 atom stereocenters. The summed E-state index contributed by atoms with van der Waals surface area (Å²) >= 11 is 0. The number of rotatable bonds is 2. The summed E-state index contributed by atoms with van der Waals surface area (Å²) in [5, 5.41) is 4.86. The first-order chi connectivity index (χ1) is 6.24. The molecule has 0 unspecified atom stereocenters. The molecule has 1 heterocycles. The van der Waals surface area contributed by atoms with Crippen LogP contribution in [0.4, 0.5) is 4.79 Å². The van der Waals surface area contributed by atoms with Crippen LogP contribution in [0, 0.1) is 0 Å². The zero-order chi connectivity index (χ0) is 9.68. The molecule has 13 heavy (non-hydrogen) atoms. The number of hydrogen-bond donors (Lipinski definition) is 2. The number of hydrogen-bond acceptors (Lipinski definition) is 2. The molecule has 5 heteroatoms. The number of carbonyl (C=O) groups is 2. The third-order valence-corrected chi connectivity index (χ3v) is 2.09. The van der Waals surface area contributed by atoms with E-state index in [1.54, 1.807) is 4.90 Å². The van der Waals surface area contributed by atoms with Crippen LogP contribution >= 0.6 is 0 Å². The predicted molar refractivity (Wildman–Crippen MR) is 48.3 cm³/mol. The third-order valence-electron chi connectivity index (χ3n) is 2.09. The standard InChI is InChI=1S/C8H15N3O2/c1-9-8(13)10-6-7(12)11-4-2-3-5-11/h2-6H2,1H3,(H2,9,10,13). The van der Waals surface area contributed by atoms with Gasteiger partial charge < -0.3 is 15.5 Å². The van der Waals surface area contributed by atoms with E-state index in [1.807, 2.05) is 0 Å². The monoisotopic (exact) mass is 185 g/mol. The van der Waals surface area contributed by atoms with Gasteiger partial charge in [-0.05, 0) is 12.8 Å². The molecule has 1 saturated heterocycles. The molecule has 74 valence electrons. The van der Waals surface area contributed by atoms with Gasteiger partial charge in [0.1, 0.15) is 0 Å². The van der Waals surface area contributed by atoms with E-state index in [0.717, 1.165) is 25.9 Å². The van der Waals surface area contributed by atoms with Crippen LogP contribution in [-0.4, -0.2) is 43.5 Å². The van der Waals surface area contributed by atoms with Crippen molar-refractivity contribution in [3.05, 3.63) is 0 Å². The van der Waals surface area contributed by atoms with Crippen LogP contribution in [0.15, 0.2) is 0 Å². The van der Waals surface area contributed by atoms with Gasteiger partial charge in [-0.15, -0.1) is 0 Å². The topological polar surface area (TPSA) is 61.4 Å². The van der Waals surface area contributed by atoms with Gasteiger partial charge in [0.2, 0.25) is 5.91 Å². The Morgan fingerprint density at radius 3 is 2.46 bits per heavy atom. The molecule has 1 fully saturated rings. The summed E-state index contributed by atoms with van der Waals surface area (Å²) in [5.41, 5.74) is 0. The van der Waals surface area contributed by atoms with Crippen molar-refractivity contribution in [2.45, 2.75) is 12.8 Å². The van der Waals surface area contributed by atoms with Crippen LogP contribution < -0.4 is 10.6 Å². The fraction of sp³-hybridized carbons (Fsp3) is 0.750. The molecular formula is C8H15N3O2. The van der Waals surface area contributed by atoms with Crippen LogP contribution in [-0.2, 0) is 4.79 Å². The highest BCUT2D eigenvalue weighted by Crippen LogP contribution is 2.06. The van der Waals surface area contributed by atoms with Crippen molar-refractivity contribution in [3.8, 4) is 0 Å². The van der Waals surface area contributed by atoms with E-state index >= 15 is 0 Å². The van der Waals surface area contributed by atoms with Crippen molar-refractivity contribution in [2.75, 3.05) is 26.7 Å². The molecule has 5 nitrogen and oxygen atoms in total. The van der Waals surface area contributed by atoms with E-state index in [-0.39, 0.29) is 18.5 Å². The Kier molecular flexibility index (Phi) is 3.54. The van der Waals surface area contributed by atoms with E-state index in [9.17, 15) is 9.59 Å². The maximum absolute atomic E-state index is 11.3. The minimum Gasteiger partial charge on any atom is -0.341 e. The Balaban J connectivity index is 2.20. The molecule has 0 spiro atoms. The maximum atomic E-state index is 11.3. The molecule has 0 saturated carbocycles. The van der Waals surface area contributed by atoms with Crippen LogP contribution in [0.3, 0.4) is 0 Å². The molecule has 2 N–H and O–H groups in total. The second-order valence-electron chi connectivity index (χ2n) is 3.02. The number of nitrogens with one attached hydrogen (secondary N) is 2. The van der Waals surface area contributed by atoms with Gasteiger partial charge in [-0.2, -0.15) is 0 Å². The number of amides is 3. The molecule has 1 rings (SSSR count). The highest BCUT2D eigenvalue weighted by Gasteiger charge is 2.17. The average molecular weight is 185 g/mol. The third kappa shape index (κ3) is 2.93. The highest BCUT2D eigenvalue weighted by molar-refractivity contribution is 5.83. The second-order valence-corrected chi connectivity index (χ2v) is 3.02. The van der Waals surface area contributed by atoms with E-state index in [4.69, 9.17) is 0 Å². The van der Waals surface area contributed by atoms with Gasteiger partial charge in [-0.1, -0.05) is 0 Å². The van der Waals surface area contributed by atoms with Gasteiger partial charge in [0.05, 0.1) is 6.54 Å². The first-order valence-electron chi connectivity index (χ1n) is 4.47. The fourth-order valence-electron chi connectivity index (χ4n) is 1.32. The lowest BCUT2D eigenvalue weighted by Crippen LogP contribution is -2.41. The first kappa shape index (κ1) is 9.83. The van der Waals surface area contributed by atoms with Crippen LogP contribution in [0.25, 0.3) is 0 Å². The van der Waals surface area contributed by atoms with Gasteiger partial charge in [0.15, 0.2) is 0 Å². The number of carbonyl (C=O) groups excluding carboxylic acids is 2. The van der Waals surface area contributed by atoms with Crippen molar-refractivity contribution >= 4 is 11.9 Å². The van der Waals surface area contributed by atoms with Crippen molar-refractivity contribution in [3.63, 3.8) is 0 Å². The summed E-state index contributed by atoms with van der Waals surface area (Å²) in [5.74, 6) is 0.00102. The van der Waals surface area contributed by atoms with Gasteiger partial charge >= 0.3 is 6.03 Å². The Hall–Kier alpha value is -1.26. The van der Waals surface area contributed by atoms with E-state index < -0.39 is 0 Å². The second kappa shape index (κ2) is 4.69. The lowest BCUT2D eigenvalue weighted by molar-refractivity contribution is -0.128. The van der Waals surface area contributed by atoms with Crippen LogP contribution in [0.5, 0.6) is 0 Å². The molecular weight excluding hydrogens is 170 g/mol. The average Bonchev–Trinajstić information content (AvgIpc) is 2.66. The quantitative estimate of drug-likeness (QED) is 0.611. The maximum Gasteiger partial charge on any atom is 0.314 e. The summed E-state index contributed by atoms with van der Waals surface area (Å²) in [6.45, 7) is 1.75. The Morgan fingerprint density at radius 1 is 1.31 bits per heavy atom. The molecule has 0 bridgehead atoms. The molecule has 1 aliphatic rings. The largest absolute Gasteiger partial charge is 0.341 e. The van der Waals surface area contributed by atoms with Crippen molar-refractivity contribution in [1.29, 1.82) is 0 Å². The van der Waals surface area contributed by atoms with Crippen molar-refractivity contribution < 1.29 is 9.59 Å². The lowest BCUT2D eigenvalue weighted by atomic mass is 10.4. The van der Waals surface area contributed by atoms with Gasteiger partial charge in [0.25, 0.3) is 0 Å². The predicted octanol–water partition coefficient (Wildman–Crippen LogP) is -0.462. The molecule has 3 amide bonds. The molecule has 0 radical (unpaired) electrons. The lowest BCUT2D eigenvalue weighted by Gasteiger charge is -2.15. The summed E-state index contributed by atoms with van der Waals surface area (Å²) in [6, 6.07) is -0.312. The molecule has 0 aliphatic carbocycles. The van der Waals surface area contributed by atoms with E-state index in [1.165, 1.54) is 7.05 Å². The zero-order valence-corrected chi connectivity index (χ0v) is 7.80. The van der Waals surface area contributed by atoms with Crippen LogP contribution in [0.2, 0.25) is 0 Å². The first-order valence-corrected chi connectivity index (χ1v) is 4.47. The fourth-order valence-corrected chi connectivity index (χ4v) is 1.32.